The number of aromatic nitrogens is 2. The number of thioether (sulfide) groups is 1. The first kappa shape index (κ1) is 15.7. The van der Waals surface area contributed by atoms with Crippen LogP contribution >= 0.6 is 11.8 Å². The monoisotopic (exact) mass is 305 g/mol. The summed E-state index contributed by atoms with van der Waals surface area (Å²) in [4.78, 5) is 12.4. The van der Waals surface area contributed by atoms with Gasteiger partial charge in [0.25, 0.3) is 0 Å². The summed E-state index contributed by atoms with van der Waals surface area (Å²) in [5, 5.41) is 6.60. The Kier molecular flexibility index (Phi) is 6.40. The second kappa shape index (κ2) is 8.56. The Hall–Kier alpha value is -1.69. The van der Waals surface area contributed by atoms with E-state index < -0.39 is 0 Å². The molecule has 0 aliphatic heterocycles. The van der Waals surface area contributed by atoms with Crippen molar-refractivity contribution in [3.05, 3.63) is 30.1 Å². The van der Waals surface area contributed by atoms with Crippen LogP contribution < -0.4 is 10.6 Å². The van der Waals surface area contributed by atoms with Crippen LogP contribution in [0.4, 0.5) is 0 Å². The summed E-state index contributed by atoms with van der Waals surface area (Å²) in [7, 11) is 0. The number of H-pyrrole nitrogens is 1. The molecule has 0 bridgehead atoms. The highest BCUT2D eigenvalue weighted by atomic mass is 32.2. The number of hydrogen-bond donors (Lipinski definition) is 3. The van der Waals surface area contributed by atoms with Gasteiger partial charge >= 0.3 is 0 Å². The molecule has 0 unspecified atom stereocenters. The van der Waals surface area contributed by atoms with Crippen molar-refractivity contribution in [3.8, 4) is 0 Å². The summed E-state index contributed by atoms with van der Waals surface area (Å²) in [6.45, 7) is 4.59. The molecule has 0 amide bonds. The number of aromatic amines is 1. The van der Waals surface area contributed by atoms with E-state index in [0.29, 0.717) is 0 Å². The summed E-state index contributed by atoms with van der Waals surface area (Å²) in [6.07, 6.45) is 2.94. The van der Waals surface area contributed by atoms with E-state index in [-0.39, 0.29) is 0 Å². The maximum Gasteiger partial charge on any atom is 0.191 e. The molecule has 0 fully saturated rings. The van der Waals surface area contributed by atoms with E-state index in [0.717, 1.165) is 54.6 Å². The third-order valence-corrected chi connectivity index (χ3v) is 3.59. The molecular formula is C15H23N5S. The molecule has 114 valence electrons. The third-order valence-electron chi connectivity index (χ3n) is 3.00. The predicted molar refractivity (Wildman–Crippen MR) is 92.2 cm³/mol. The zero-order valence-electron chi connectivity index (χ0n) is 12.6. The first-order valence-electron chi connectivity index (χ1n) is 7.28. The van der Waals surface area contributed by atoms with Gasteiger partial charge in [0, 0.05) is 25.3 Å². The van der Waals surface area contributed by atoms with Gasteiger partial charge in [-0.15, -0.1) is 0 Å². The van der Waals surface area contributed by atoms with Crippen molar-refractivity contribution in [2.75, 3.05) is 31.6 Å². The van der Waals surface area contributed by atoms with Gasteiger partial charge in [0.15, 0.2) is 5.96 Å². The molecule has 2 rings (SSSR count). The van der Waals surface area contributed by atoms with Crippen molar-refractivity contribution in [1.29, 1.82) is 0 Å². The van der Waals surface area contributed by atoms with E-state index in [9.17, 15) is 0 Å². The Bertz CT molecular complexity index is 545. The average Bonchev–Trinajstić information content (AvgIpc) is 2.90. The normalized spacial score (nSPS) is 11.8. The number of benzene rings is 1. The van der Waals surface area contributed by atoms with Crippen molar-refractivity contribution < 1.29 is 0 Å². The SMILES string of the molecule is CCNC(=NCCSC)NCCc1nc2ccccc2[nH]1. The molecule has 3 N–H and O–H groups in total. The van der Waals surface area contributed by atoms with Crippen molar-refractivity contribution in [2.45, 2.75) is 13.3 Å². The lowest BCUT2D eigenvalue weighted by Gasteiger charge is -2.10. The summed E-state index contributed by atoms with van der Waals surface area (Å²) in [6, 6.07) is 8.10. The Morgan fingerprint density at radius 1 is 1.33 bits per heavy atom. The molecule has 21 heavy (non-hydrogen) atoms. The number of nitrogens with one attached hydrogen (secondary N) is 3. The van der Waals surface area contributed by atoms with Crippen molar-refractivity contribution >= 4 is 28.8 Å². The van der Waals surface area contributed by atoms with E-state index in [2.05, 4.69) is 38.8 Å². The highest BCUT2D eigenvalue weighted by Crippen LogP contribution is 2.10. The van der Waals surface area contributed by atoms with E-state index in [1.165, 1.54) is 0 Å². The molecule has 0 radical (unpaired) electrons. The molecule has 0 atom stereocenters. The Morgan fingerprint density at radius 2 is 2.19 bits per heavy atom. The van der Waals surface area contributed by atoms with Gasteiger partial charge in [0.2, 0.25) is 0 Å². The highest BCUT2D eigenvalue weighted by Gasteiger charge is 2.02. The topological polar surface area (TPSA) is 65.1 Å². The summed E-state index contributed by atoms with van der Waals surface area (Å²) < 4.78 is 0. The fraction of sp³-hybridized carbons (Fsp3) is 0.467. The van der Waals surface area contributed by atoms with Gasteiger partial charge < -0.3 is 15.6 Å². The van der Waals surface area contributed by atoms with Crippen molar-refractivity contribution in [3.63, 3.8) is 0 Å². The Balaban J connectivity index is 1.84. The minimum atomic E-state index is 0.810. The highest BCUT2D eigenvalue weighted by molar-refractivity contribution is 7.98. The number of fused-ring (bicyclic) bond motifs is 1. The summed E-state index contributed by atoms with van der Waals surface area (Å²) >= 11 is 1.81. The second-order valence-electron chi connectivity index (χ2n) is 4.63. The Morgan fingerprint density at radius 3 is 2.95 bits per heavy atom. The molecule has 2 aromatic rings. The van der Waals surface area contributed by atoms with Gasteiger partial charge in [-0.2, -0.15) is 11.8 Å². The molecule has 1 aromatic heterocycles. The number of aliphatic imine (C=N–C) groups is 1. The molecule has 0 saturated carbocycles. The maximum absolute atomic E-state index is 4.57. The lowest BCUT2D eigenvalue weighted by atomic mass is 10.3. The number of para-hydroxylation sites is 2. The number of guanidine groups is 1. The van der Waals surface area contributed by atoms with Crippen LogP contribution in [0, 0.1) is 0 Å². The van der Waals surface area contributed by atoms with Crippen LogP contribution in [0.5, 0.6) is 0 Å². The molecule has 6 heteroatoms. The van der Waals surface area contributed by atoms with Crippen LogP contribution in [0.1, 0.15) is 12.7 Å². The number of nitrogens with zero attached hydrogens (tertiary/aromatic N) is 2. The molecule has 1 aromatic carbocycles. The van der Waals surface area contributed by atoms with E-state index in [1.54, 1.807) is 0 Å². The first-order chi connectivity index (χ1) is 10.3. The third kappa shape index (κ3) is 4.97. The number of rotatable bonds is 7. The molecule has 5 nitrogen and oxygen atoms in total. The number of imidazole rings is 1. The summed E-state index contributed by atoms with van der Waals surface area (Å²) in [5.41, 5.74) is 2.11. The van der Waals surface area contributed by atoms with E-state index >= 15 is 0 Å². The minimum absolute atomic E-state index is 0.810. The first-order valence-corrected chi connectivity index (χ1v) is 8.67. The molecule has 0 spiro atoms. The van der Waals surface area contributed by atoms with Crippen LogP contribution in [-0.4, -0.2) is 47.6 Å². The van der Waals surface area contributed by atoms with E-state index in [1.807, 2.05) is 36.0 Å². The van der Waals surface area contributed by atoms with Gasteiger partial charge in [-0.05, 0) is 25.3 Å². The van der Waals surface area contributed by atoms with Crippen LogP contribution in [0.25, 0.3) is 11.0 Å². The van der Waals surface area contributed by atoms with Gasteiger partial charge in [0.05, 0.1) is 17.6 Å². The molecule has 0 aliphatic rings. The van der Waals surface area contributed by atoms with Gasteiger partial charge in [-0.3, -0.25) is 4.99 Å². The molecule has 0 saturated heterocycles. The van der Waals surface area contributed by atoms with Gasteiger partial charge in [0.1, 0.15) is 5.82 Å². The maximum atomic E-state index is 4.57. The largest absolute Gasteiger partial charge is 0.357 e. The number of hydrogen-bond acceptors (Lipinski definition) is 3. The second-order valence-corrected chi connectivity index (χ2v) is 5.62. The summed E-state index contributed by atoms with van der Waals surface area (Å²) in [5.74, 6) is 2.92. The molecular weight excluding hydrogens is 282 g/mol. The standard InChI is InChI=1S/C15H23N5S/c1-3-16-15(18-10-11-21-2)17-9-8-14-19-12-6-4-5-7-13(12)20-14/h4-7H,3,8-11H2,1-2H3,(H,19,20)(H2,16,17,18). The fourth-order valence-electron chi connectivity index (χ4n) is 2.01. The van der Waals surface area contributed by atoms with E-state index in [4.69, 9.17) is 0 Å². The zero-order chi connectivity index (χ0) is 14.9. The lowest BCUT2D eigenvalue weighted by molar-refractivity contribution is 0.783. The van der Waals surface area contributed by atoms with Crippen molar-refractivity contribution in [2.24, 2.45) is 4.99 Å². The quantitative estimate of drug-likeness (QED) is 0.416. The zero-order valence-corrected chi connectivity index (χ0v) is 13.5. The van der Waals surface area contributed by atoms with Gasteiger partial charge in [-0.25, -0.2) is 4.98 Å². The Labute approximate surface area is 130 Å². The minimum Gasteiger partial charge on any atom is -0.357 e. The van der Waals surface area contributed by atoms with Crippen LogP contribution in [0.15, 0.2) is 29.3 Å². The van der Waals surface area contributed by atoms with Crippen LogP contribution in [0.3, 0.4) is 0 Å². The molecule has 1 heterocycles. The van der Waals surface area contributed by atoms with Crippen LogP contribution in [-0.2, 0) is 6.42 Å². The fourth-order valence-corrected chi connectivity index (χ4v) is 2.29. The van der Waals surface area contributed by atoms with Gasteiger partial charge in [-0.1, -0.05) is 12.1 Å². The predicted octanol–water partition coefficient (Wildman–Crippen LogP) is 2.02. The smallest absolute Gasteiger partial charge is 0.191 e. The lowest BCUT2D eigenvalue weighted by Crippen LogP contribution is -2.38. The van der Waals surface area contributed by atoms with Crippen LogP contribution in [0.2, 0.25) is 0 Å². The average molecular weight is 305 g/mol. The molecule has 0 aliphatic carbocycles. The van der Waals surface area contributed by atoms with Crippen molar-refractivity contribution in [1.82, 2.24) is 20.6 Å².